The molecule has 102 valence electrons. The highest BCUT2D eigenvalue weighted by Gasteiger charge is 2.12. The van der Waals surface area contributed by atoms with E-state index in [2.05, 4.69) is 11.4 Å². The van der Waals surface area contributed by atoms with E-state index in [0.717, 1.165) is 5.56 Å². The van der Waals surface area contributed by atoms with Crippen molar-refractivity contribution in [1.29, 1.82) is 0 Å². The van der Waals surface area contributed by atoms with E-state index >= 15 is 0 Å². The number of rotatable bonds is 5. The maximum absolute atomic E-state index is 11.6. The Bertz CT molecular complexity index is 397. The van der Waals surface area contributed by atoms with E-state index in [1.165, 1.54) is 18.2 Å². The first kappa shape index (κ1) is 16.9. The molecule has 1 rings (SSSR count). The molecule has 3 N–H and O–H groups in total. The lowest BCUT2D eigenvalue weighted by molar-refractivity contribution is -0.123. The fourth-order valence-electron chi connectivity index (χ4n) is 1.61. The van der Waals surface area contributed by atoms with E-state index in [-0.39, 0.29) is 24.9 Å². The molecule has 1 amide bonds. The number of nitrogens with one attached hydrogen (secondary N) is 1. The smallest absolute Gasteiger partial charge is 0.239 e. The molecule has 0 aliphatic heterocycles. The number of halogens is 1. The zero-order chi connectivity index (χ0) is 12.8. The third kappa shape index (κ3) is 5.04. The van der Waals surface area contributed by atoms with Gasteiger partial charge in [0.05, 0.1) is 6.61 Å². The molecule has 1 aromatic rings. The van der Waals surface area contributed by atoms with Gasteiger partial charge in [-0.25, -0.2) is 0 Å². The van der Waals surface area contributed by atoms with Crippen LogP contribution in [0.15, 0.2) is 18.2 Å². The second kappa shape index (κ2) is 8.08. The minimum Gasteiger partial charge on any atom is -0.383 e. The molecule has 0 aliphatic rings. The lowest BCUT2D eigenvalue weighted by Crippen LogP contribution is -2.43. The zero-order valence-corrected chi connectivity index (χ0v) is 11.8. The van der Waals surface area contributed by atoms with Crippen molar-refractivity contribution < 1.29 is 9.53 Å². The predicted molar refractivity (Wildman–Crippen MR) is 74.9 cm³/mol. The summed E-state index contributed by atoms with van der Waals surface area (Å²) in [6.45, 7) is 4.81. The third-order valence-electron chi connectivity index (χ3n) is 2.63. The Kier molecular flexibility index (Phi) is 7.59. The van der Waals surface area contributed by atoms with Gasteiger partial charge in [0.15, 0.2) is 0 Å². The van der Waals surface area contributed by atoms with Crippen molar-refractivity contribution in [3.63, 3.8) is 0 Å². The number of benzene rings is 1. The molecular formula is C13H21ClN2O2. The van der Waals surface area contributed by atoms with Crippen LogP contribution in [-0.2, 0) is 16.1 Å². The standard InChI is InChI=1S/C13H20N2O2.ClH/c1-9-4-5-11(10(2)6-9)7-15-13(16)12(14)8-17-3;/h4-6,12H,7-8,14H2,1-3H3,(H,15,16);1H. The normalized spacial score (nSPS) is 11.6. The Hall–Kier alpha value is -1.10. The maximum atomic E-state index is 11.6. The average Bonchev–Trinajstić information content (AvgIpc) is 2.27. The van der Waals surface area contributed by atoms with Gasteiger partial charge >= 0.3 is 0 Å². The van der Waals surface area contributed by atoms with E-state index in [1.807, 2.05) is 26.0 Å². The van der Waals surface area contributed by atoms with Gasteiger partial charge in [-0.05, 0) is 25.0 Å². The number of ether oxygens (including phenoxy) is 1. The van der Waals surface area contributed by atoms with Crippen LogP contribution < -0.4 is 11.1 Å². The second-order valence-corrected chi connectivity index (χ2v) is 4.21. The van der Waals surface area contributed by atoms with Crippen molar-refractivity contribution in [2.75, 3.05) is 13.7 Å². The Labute approximate surface area is 114 Å². The van der Waals surface area contributed by atoms with E-state index in [1.54, 1.807) is 0 Å². The topological polar surface area (TPSA) is 64.3 Å². The van der Waals surface area contributed by atoms with Crippen molar-refractivity contribution in [3.05, 3.63) is 34.9 Å². The van der Waals surface area contributed by atoms with Crippen LogP contribution in [0.3, 0.4) is 0 Å². The summed E-state index contributed by atoms with van der Waals surface area (Å²) in [5.74, 6) is -0.188. The Morgan fingerprint density at radius 3 is 2.67 bits per heavy atom. The van der Waals surface area contributed by atoms with Crippen LogP contribution >= 0.6 is 12.4 Å². The summed E-state index contributed by atoms with van der Waals surface area (Å²) in [6.07, 6.45) is 0. The van der Waals surface area contributed by atoms with E-state index < -0.39 is 6.04 Å². The molecule has 0 heterocycles. The highest BCUT2D eigenvalue weighted by Crippen LogP contribution is 2.09. The zero-order valence-electron chi connectivity index (χ0n) is 11.0. The Morgan fingerprint density at radius 1 is 1.44 bits per heavy atom. The highest BCUT2D eigenvalue weighted by molar-refractivity contribution is 5.85. The van der Waals surface area contributed by atoms with Crippen LogP contribution in [0.5, 0.6) is 0 Å². The van der Waals surface area contributed by atoms with Gasteiger partial charge in [0.1, 0.15) is 6.04 Å². The van der Waals surface area contributed by atoms with Gasteiger partial charge in [-0.1, -0.05) is 23.8 Å². The van der Waals surface area contributed by atoms with Gasteiger partial charge < -0.3 is 15.8 Å². The van der Waals surface area contributed by atoms with Crippen molar-refractivity contribution in [2.24, 2.45) is 5.73 Å². The summed E-state index contributed by atoms with van der Waals surface area (Å²) in [7, 11) is 1.53. The molecule has 0 saturated carbocycles. The molecule has 0 aromatic heterocycles. The van der Waals surface area contributed by atoms with Gasteiger partial charge in [0.2, 0.25) is 5.91 Å². The molecule has 18 heavy (non-hydrogen) atoms. The first-order chi connectivity index (χ1) is 8.04. The summed E-state index contributed by atoms with van der Waals surface area (Å²) in [4.78, 5) is 11.6. The van der Waals surface area contributed by atoms with Crippen molar-refractivity contribution in [2.45, 2.75) is 26.4 Å². The minimum absolute atomic E-state index is 0. The summed E-state index contributed by atoms with van der Waals surface area (Å²) in [6, 6.07) is 5.54. The predicted octanol–water partition coefficient (Wildman–Crippen LogP) is 1.32. The Morgan fingerprint density at radius 2 is 2.11 bits per heavy atom. The van der Waals surface area contributed by atoms with E-state index in [0.29, 0.717) is 6.54 Å². The molecule has 0 bridgehead atoms. The number of nitrogens with two attached hydrogens (primary N) is 1. The largest absolute Gasteiger partial charge is 0.383 e. The number of aryl methyl sites for hydroxylation is 2. The van der Waals surface area contributed by atoms with Gasteiger partial charge in [-0.15, -0.1) is 12.4 Å². The van der Waals surface area contributed by atoms with Crippen LogP contribution in [0.1, 0.15) is 16.7 Å². The van der Waals surface area contributed by atoms with Gasteiger partial charge in [0, 0.05) is 13.7 Å². The molecule has 0 fully saturated rings. The van der Waals surface area contributed by atoms with Crippen molar-refractivity contribution >= 4 is 18.3 Å². The number of carbonyl (C=O) groups excluding carboxylic acids is 1. The number of carbonyl (C=O) groups is 1. The van der Waals surface area contributed by atoms with E-state index in [9.17, 15) is 4.79 Å². The first-order valence-electron chi connectivity index (χ1n) is 5.63. The first-order valence-corrected chi connectivity index (χ1v) is 5.63. The summed E-state index contributed by atoms with van der Waals surface area (Å²) < 4.78 is 4.83. The van der Waals surface area contributed by atoms with Crippen LogP contribution in [0.25, 0.3) is 0 Å². The lowest BCUT2D eigenvalue weighted by atomic mass is 10.1. The summed E-state index contributed by atoms with van der Waals surface area (Å²) >= 11 is 0. The summed E-state index contributed by atoms with van der Waals surface area (Å²) in [5, 5.41) is 2.80. The summed E-state index contributed by atoms with van der Waals surface area (Å²) in [5.41, 5.74) is 9.11. The lowest BCUT2D eigenvalue weighted by Gasteiger charge is -2.12. The molecule has 0 spiro atoms. The van der Waals surface area contributed by atoms with Crippen LogP contribution in [0.4, 0.5) is 0 Å². The molecule has 1 aromatic carbocycles. The van der Waals surface area contributed by atoms with Gasteiger partial charge in [-0.2, -0.15) is 0 Å². The quantitative estimate of drug-likeness (QED) is 0.850. The van der Waals surface area contributed by atoms with Gasteiger partial charge in [-0.3, -0.25) is 4.79 Å². The van der Waals surface area contributed by atoms with Gasteiger partial charge in [0.25, 0.3) is 0 Å². The number of hydrogen-bond donors (Lipinski definition) is 2. The molecule has 0 saturated heterocycles. The number of methoxy groups -OCH3 is 1. The van der Waals surface area contributed by atoms with Crippen molar-refractivity contribution in [1.82, 2.24) is 5.32 Å². The molecular weight excluding hydrogens is 252 g/mol. The van der Waals surface area contributed by atoms with Crippen LogP contribution in [0, 0.1) is 13.8 Å². The van der Waals surface area contributed by atoms with Crippen LogP contribution in [0.2, 0.25) is 0 Å². The third-order valence-corrected chi connectivity index (χ3v) is 2.63. The van der Waals surface area contributed by atoms with Crippen molar-refractivity contribution in [3.8, 4) is 0 Å². The fraction of sp³-hybridized carbons (Fsp3) is 0.462. The minimum atomic E-state index is -0.606. The molecule has 0 radical (unpaired) electrons. The molecule has 0 aliphatic carbocycles. The Balaban J connectivity index is 0.00000289. The SMILES string of the molecule is COCC(N)C(=O)NCc1ccc(C)cc1C.Cl. The van der Waals surface area contributed by atoms with Crippen LogP contribution in [-0.4, -0.2) is 25.7 Å². The molecule has 4 nitrogen and oxygen atoms in total. The fourth-order valence-corrected chi connectivity index (χ4v) is 1.61. The van der Waals surface area contributed by atoms with E-state index in [4.69, 9.17) is 10.5 Å². The maximum Gasteiger partial charge on any atom is 0.239 e. The average molecular weight is 273 g/mol. The number of hydrogen-bond acceptors (Lipinski definition) is 3. The highest BCUT2D eigenvalue weighted by atomic mass is 35.5. The molecule has 5 heteroatoms. The molecule has 1 atom stereocenters. The monoisotopic (exact) mass is 272 g/mol. The second-order valence-electron chi connectivity index (χ2n) is 4.21. The number of amides is 1. The molecule has 1 unspecified atom stereocenters.